The summed E-state index contributed by atoms with van der Waals surface area (Å²) in [5, 5.41) is 0. The van der Waals surface area contributed by atoms with Crippen molar-refractivity contribution in [3.63, 3.8) is 0 Å². The molecule has 0 radical (unpaired) electrons. The minimum atomic E-state index is -0.604. The van der Waals surface area contributed by atoms with Crippen LogP contribution in [0, 0.1) is 17.8 Å². The van der Waals surface area contributed by atoms with Crippen LogP contribution < -0.4 is 0 Å². The third-order valence-electron chi connectivity index (χ3n) is 4.65. The van der Waals surface area contributed by atoms with Gasteiger partial charge in [-0.15, -0.1) is 0 Å². The molecule has 0 bridgehead atoms. The zero-order valence-electron chi connectivity index (χ0n) is 15.8. The first kappa shape index (κ1) is 19.5. The molecule has 1 fully saturated rings. The van der Waals surface area contributed by atoms with E-state index in [-0.39, 0.29) is 17.8 Å². The van der Waals surface area contributed by atoms with E-state index in [1.807, 2.05) is 26.8 Å². The number of hydrogen-bond donors (Lipinski definition) is 0. The highest BCUT2D eigenvalue weighted by molar-refractivity contribution is 5.82. The molecule has 0 aromatic rings. The number of fused-ring (bicyclic) bond motifs is 1. The fourth-order valence-corrected chi connectivity index (χ4v) is 3.50. The Balaban J connectivity index is 2.17. The van der Waals surface area contributed by atoms with Crippen LogP contribution in [0.5, 0.6) is 0 Å². The minimum absolute atomic E-state index is 0.0665. The average molecular weight is 352 g/mol. The van der Waals surface area contributed by atoms with E-state index in [1.165, 1.54) is 6.08 Å². The van der Waals surface area contributed by atoms with E-state index in [0.29, 0.717) is 18.8 Å². The Morgan fingerprint density at radius 3 is 2.52 bits per heavy atom. The Bertz CT molecular complexity index is 585. The second kappa shape index (κ2) is 7.20. The van der Waals surface area contributed by atoms with Crippen molar-refractivity contribution in [1.82, 2.24) is 0 Å². The maximum Gasteiger partial charge on any atom is 0.330 e. The van der Waals surface area contributed by atoms with E-state index in [0.717, 1.165) is 0 Å². The predicted molar refractivity (Wildman–Crippen MR) is 91.5 cm³/mol. The fraction of sp³-hybridized carbons (Fsp3) is 0.684. The number of carbonyl (C=O) groups excluding carboxylic acids is 2. The monoisotopic (exact) mass is 352 g/mol. The van der Waals surface area contributed by atoms with Gasteiger partial charge in [-0.3, -0.25) is 4.79 Å². The molecule has 6 heteroatoms. The van der Waals surface area contributed by atoms with E-state index in [1.54, 1.807) is 27.2 Å². The molecule has 0 aromatic carbocycles. The first-order chi connectivity index (χ1) is 11.7. The molecule has 4 atom stereocenters. The average Bonchev–Trinajstić information content (AvgIpc) is 3.17. The summed E-state index contributed by atoms with van der Waals surface area (Å²) in [6.45, 7) is 7.60. The molecule has 2 aliphatic carbocycles. The van der Waals surface area contributed by atoms with Crippen molar-refractivity contribution in [2.75, 3.05) is 20.8 Å². The van der Waals surface area contributed by atoms with Crippen molar-refractivity contribution < 1.29 is 28.5 Å². The van der Waals surface area contributed by atoms with Crippen molar-refractivity contribution >= 4 is 11.9 Å². The zero-order chi connectivity index (χ0) is 18.8. The van der Waals surface area contributed by atoms with Gasteiger partial charge in [0.05, 0.1) is 19.3 Å². The summed E-state index contributed by atoms with van der Waals surface area (Å²) in [7, 11) is 3.16. The summed E-state index contributed by atoms with van der Waals surface area (Å²) >= 11 is 0. The maximum absolute atomic E-state index is 12.5. The highest BCUT2D eigenvalue weighted by atomic mass is 16.6. The number of rotatable bonds is 6. The van der Waals surface area contributed by atoms with E-state index in [9.17, 15) is 9.59 Å². The Morgan fingerprint density at radius 2 is 2.00 bits per heavy atom. The first-order valence-electron chi connectivity index (χ1n) is 8.58. The smallest absolute Gasteiger partial charge is 0.330 e. The first-order valence-corrected chi connectivity index (χ1v) is 8.58. The van der Waals surface area contributed by atoms with Crippen LogP contribution in [0.25, 0.3) is 0 Å². The van der Waals surface area contributed by atoms with Crippen molar-refractivity contribution in [3.05, 3.63) is 24.0 Å². The van der Waals surface area contributed by atoms with Crippen molar-refractivity contribution in [2.45, 2.75) is 45.3 Å². The lowest BCUT2D eigenvalue weighted by Gasteiger charge is -2.26. The Morgan fingerprint density at radius 1 is 1.32 bits per heavy atom. The SMILES string of the molecule is CCOC(=O)/C=C/[C@@]1(OC)[C@@H]2C[C@@H](C(=O)OC(C)(C)C)C(OC)=C[C@@H]21. The molecule has 0 aromatic heterocycles. The molecule has 0 spiro atoms. The highest BCUT2D eigenvalue weighted by Gasteiger charge is 2.66. The van der Waals surface area contributed by atoms with Crippen molar-refractivity contribution in [1.29, 1.82) is 0 Å². The number of hydrogen-bond acceptors (Lipinski definition) is 6. The Hall–Kier alpha value is -1.82. The van der Waals surface area contributed by atoms with Gasteiger partial charge in [-0.25, -0.2) is 4.79 Å². The van der Waals surface area contributed by atoms with Crippen molar-refractivity contribution in [3.8, 4) is 0 Å². The molecular weight excluding hydrogens is 324 g/mol. The van der Waals surface area contributed by atoms with Crippen LogP contribution in [0.2, 0.25) is 0 Å². The van der Waals surface area contributed by atoms with Crippen LogP contribution >= 0.6 is 0 Å². The predicted octanol–water partition coefficient (Wildman–Crippen LogP) is 2.63. The lowest BCUT2D eigenvalue weighted by molar-refractivity contribution is -0.160. The van der Waals surface area contributed by atoms with Crippen LogP contribution in [-0.4, -0.2) is 44.0 Å². The Kier molecular flexibility index (Phi) is 5.62. The normalized spacial score (nSPS) is 31.1. The van der Waals surface area contributed by atoms with Gasteiger partial charge in [-0.2, -0.15) is 0 Å². The van der Waals surface area contributed by atoms with Crippen LogP contribution in [0.1, 0.15) is 34.1 Å². The molecule has 0 saturated heterocycles. The molecule has 140 valence electrons. The maximum atomic E-state index is 12.5. The lowest BCUT2D eigenvalue weighted by atomic mass is 9.93. The molecule has 1 saturated carbocycles. The lowest BCUT2D eigenvalue weighted by Crippen LogP contribution is -2.31. The van der Waals surface area contributed by atoms with Gasteiger partial charge in [-0.1, -0.05) is 0 Å². The van der Waals surface area contributed by atoms with E-state index in [4.69, 9.17) is 18.9 Å². The molecule has 6 nitrogen and oxygen atoms in total. The quantitative estimate of drug-likeness (QED) is 0.541. The van der Waals surface area contributed by atoms with E-state index >= 15 is 0 Å². The minimum Gasteiger partial charge on any atom is -0.501 e. The van der Waals surface area contributed by atoms with Gasteiger partial charge in [0.15, 0.2) is 0 Å². The van der Waals surface area contributed by atoms with Gasteiger partial charge in [0.1, 0.15) is 17.3 Å². The van der Waals surface area contributed by atoms with Crippen LogP contribution in [0.4, 0.5) is 0 Å². The molecule has 0 aliphatic heterocycles. The summed E-state index contributed by atoms with van der Waals surface area (Å²) in [4.78, 5) is 24.1. The molecule has 0 unspecified atom stereocenters. The van der Waals surface area contributed by atoms with E-state index in [2.05, 4.69) is 0 Å². The summed E-state index contributed by atoms with van der Waals surface area (Å²) < 4.78 is 21.6. The van der Waals surface area contributed by atoms with Crippen LogP contribution in [0.15, 0.2) is 24.0 Å². The van der Waals surface area contributed by atoms with Gasteiger partial charge < -0.3 is 18.9 Å². The second-order valence-electron chi connectivity index (χ2n) is 7.37. The zero-order valence-corrected chi connectivity index (χ0v) is 15.8. The summed E-state index contributed by atoms with van der Waals surface area (Å²) in [5.41, 5.74) is -1.16. The third kappa shape index (κ3) is 4.06. The summed E-state index contributed by atoms with van der Waals surface area (Å²) in [6, 6.07) is 0. The molecule has 2 aliphatic rings. The highest BCUT2D eigenvalue weighted by Crippen LogP contribution is 2.61. The summed E-state index contributed by atoms with van der Waals surface area (Å²) in [6.07, 6.45) is 5.61. The third-order valence-corrected chi connectivity index (χ3v) is 4.65. The second-order valence-corrected chi connectivity index (χ2v) is 7.37. The molecule has 2 rings (SSSR count). The number of esters is 2. The number of carbonyl (C=O) groups is 2. The van der Waals surface area contributed by atoms with Gasteiger partial charge in [0.25, 0.3) is 0 Å². The number of methoxy groups -OCH3 is 2. The van der Waals surface area contributed by atoms with Crippen LogP contribution in [-0.2, 0) is 28.5 Å². The standard InChI is InChI=1S/C19H28O6/c1-7-24-16(20)8-9-19(23-6)13-10-12(15(22-5)11-14(13)19)17(21)25-18(2,3)4/h8-9,11-14H,7,10H2,1-6H3/b9-8+/t12-,13-,14+,19-/m1/s1. The fourth-order valence-electron chi connectivity index (χ4n) is 3.50. The molecule has 0 heterocycles. The molecular formula is C19H28O6. The van der Waals surface area contributed by atoms with Gasteiger partial charge in [0.2, 0.25) is 0 Å². The van der Waals surface area contributed by atoms with Crippen molar-refractivity contribution in [2.24, 2.45) is 17.8 Å². The molecule has 0 amide bonds. The summed E-state index contributed by atoms with van der Waals surface area (Å²) in [5.74, 6) is -0.401. The van der Waals surface area contributed by atoms with Gasteiger partial charge in [-0.05, 0) is 46.3 Å². The molecule has 25 heavy (non-hydrogen) atoms. The van der Waals surface area contributed by atoms with Gasteiger partial charge in [0, 0.05) is 25.0 Å². The number of ether oxygens (including phenoxy) is 4. The molecule has 0 N–H and O–H groups in total. The largest absolute Gasteiger partial charge is 0.501 e. The van der Waals surface area contributed by atoms with Gasteiger partial charge >= 0.3 is 11.9 Å². The Labute approximate surface area is 149 Å². The van der Waals surface area contributed by atoms with E-state index < -0.39 is 23.1 Å². The van der Waals surface area contributed by atoms with Crippen LogP contribution in [0.3, 0.4) is 0 Å². The topological polar surface area (TPSA) is 71.1 Å².